The van der Waals surface area contributed by atoms with E-state index in [0.29, 0.717) is 49.2 Å². The quantitative estimate of drug-likeness (QED) is 0.691. The van der Waals surface area contributed by atoms with Crippen LogP contribution in [0.4, 0.5) is 14.9 Å². The van der Waals surface area contributed by atoms with Crippen LogP contribution >= 0.6 is 0 Å². The van der Waals surface area contributed by atoms with E-state index in [0.717, 1.165) is 5.56 Å². The summed E-state index contributed by atoms with van der Waals surface area (Å²) < 4.78 is 25.8. The number of amides is 2. The molecule has 1 unspecified atom stereocenters. The average Bonchev–Trinajstić information content (AvgIpc) is 3.16. The van der Waals surface area contributed by atoms with E-state index in [1.165, 1.54) is 11.0 Å². The Morgan fingerprint density at radius 2 is 1.81 bits per heavy atom. The molecule has 6 rings (SSSR count). The van der Waals surface area contributed by atoms with Crippen LogP contribution in [-0.2, 0) is 25.3 Å². The summed E-state index contributed by atoms with van der Waals surface area (Å²) >= 11 is 0. The third-order valence-corrected chi connectivity index (χ3v) is 7.15. The van der Waals surface area contributed by atoms with Gasteiger partial charge in [-0.15, -0.1) is 0 Å². The van der Waals surface area contributed by atoms with Crippen molar-refractivity contribution in [2.24, 2.45) is 0 Å². The first-order chi connectivity index (χ1) is 15.4. The van der Waals surface area contributed by atoms with Crippen LogP contribution in [0.2, 0.25) is 0 Å². The summed E-state index contributed by atoms with van der Waals surface area (Å²) in [5.41, 5.74) is 0.415. The lowest BCUT2D eigenvalue weighted by Gasteiger charge is -2.27. The van der Waals surface area contributed by atoms with Gasteiger partial charge in [0.1, 0.15) is 12.4 Å². The average molecular weight is 436 g/mol. The van der Waals surface area contributed by atoms with Crippen LogP contribution in [-0.4, -0.2) is 49.1 Å². The molecule has 0 bridgehead atoms. The van der Waals surface area contributed by atoms with Gasteiger partial charge in [-0.3, -0.25) is 9.69 Å². The van der Waals surface area contributed by atoms with Gasteiger partial charge in [-0.25, -0.2) is 14.0 Å². The molecule has 4 aliphatic rings. The summed E-state index contributed by atoms with van der Waals surface area (Å²) in [4.78, 5) is 40.7. The van der Waals surface area contributed by atoms with E-state index < -0.39 is 22.9 Å². The maximum atomic E-state index is 15.1. The number of hydrogen-bond donors (Lipinski definition) is 0. The number of ether oxygens (including phenoxy) is 2. The topological polar surface area (TPSA) is 76.2 Å². The van der Waals surface area contributed by atoms with E-state index in [2.05, 4.69) is 0 Å². The molecule has 164 valence electrons. The van der Waals surface area contributed by atoms with Gasteiger partial charge >= 0.3 is 12.1 Å². The number of rotatable bonds is 3. The molecule has 0 radical (unpaired) electrons. The SMILES string of the molecule is O=C1OC2(CCN(C(=O)C3(c4ccc(N5CCOC5=O)cc4F)CC3)C2)c2ccccc21. The first kappa shape index (κ1) is 19.3. The van der Waals surface area contributed by atoms with Crippen molar-refractivity contribution in [1.29, 1.82) is 0 Å². The molecule has 0 aromatic heterocycles. The highest BCUT2D eigenvalue weighted by Gasteiger charge is 2.58. The Morgan fingerprint density at radius 3 is 2.53 bits per heavy atom. The summed E-state index contributed by atoms with van der Waals surface area (Å²) in [7, 11) is 0. The fraction of sp³-hybridized carbons (Fsp3) is 0.375. The molecule has 2 aromatic carbocycles. The highest BCUT2D eigenvalue weighted by atomic mass is 19.1. The number of esters is 1. The molecular weight excluding hydrogens is 415 g/mol. The van der Waals surface area contributed by atoms with Crippen LogP contribution < -0.4 is 4.90 Å². The molecule has 1 spiro atoms. The van der Waals surface area contributed by atoms with Gasteiger partial charge in [0, 0.05) is 24.1 Å². The summed E-state index contributed by atoms with van der Waals surface area (Å²) in [6, 6.07) is 11.9. The molecular formula is C24H21FN2O5. The van der Waals surface area contributed by atoms with Crippen molar-refractivity contribution in [3.05, 3.63) is 65.0 Å². The van der Waals surface area contributed by atoms with Crippen LogP contribution in [0, 0.1) is 5.82 Å². The van der Waals surface area contributed by atoms with Gasteiger partial charge in [0.15, 0.2) is 5.60 Å². The zero-order chi connectivity index (χ0) is 22.1. The van der Waals surface area contributed by atoms with E-state index in [-0.39, 0.29) is 25.0 Å². The molecule has 2 saturated heterocycles. The Morgan fingerprint density at radius 1 is 1.00 bits per heavy atom. The molecule has 2 amide bonds. The Balaban J connectivity index is 1.26. The number of anilines is 1. The van der Waals surface area contributed by atoms with Crippen molar-refractivity contribution in [2.45, 2.75) is 30.3 Å². The number of likely N-dealkylation sites (tertiary alicyclic amines) is 1. The van der Waals surface area contributed by atoms with Gasteiger partial charge in [-0.05, 0) is 31.0 Å². The molecule has 8 heteroatoms. The first-order valence-corrected chi connectivity index (χ1v) is 10.8. The molecule has 3 aliphatic heterocycles. The number of fused-ring (bicyclic) bond motifs is 2. The number of hydrogen-bond acceptors (Lipinski definition) is 5. The van der Waals surface area contributed by atoms with Crippen molar-refractivity contribution in [3.8, 4) is 0 Å². The lowest BCUT2D eigenvalue weighted by molar-refractivity contribution is -0.134. The third kappa shape index (κ3) is 2.61. The number of halogens is 1. The number of nitrogens with zero attached hydrogens (tertiary/aromatic N) is 2. The fourth-order valence-electron chi connectivity index (χ4n) is 5.32. The van der Waals surface area contributed by atoms with E-state index in [4.69, 9.17) is 9.47 Å². The van der Waals surface area contributed by atoms with Crippen molar-refractivity contribution >= 4 is 23.7 Å². The van der Waals surface area contributed by atoms with E-state index >= 15 is 4.39 Å². The van der Waals surface area contributed by atoms with Crippen LogP contribution in [0.15, 0.2) is 42.5 Å². The van der Waals surface area contributed by atoms with Crippen molar-refractivity contribution in [3.63, 3.8) is 0 Å². The smallest absolute Gasteiger partial charge is 0.414 e. The molecule has 1 aliphatic carbocycles. The zero-order valence-electron chi connectivity index (χ0n) is 17.3. The highest BCUT2D eigenvalue weighted by Crippen LogP contribution is 2.53. The molecule has 1 atom stereocenters. The zero-order valence-corrected chi connectivity index (χ0v) is 17.3. The molecule has 2 aromatic rings. The molecule has 0 N–H and O–H groups in total. The van der Waals surface area contributed by atoms with Crippen LogP contribution in [0.5, 0.6) is 0 Å². The summed E-state index contributed by atoms with van der Waals surface area (Å²) in [6.45, 7) is 1.37. The van der Waals surface area contributed by atoms with Crippen LogP contribution in [0.1, 0.15) is 40.7 Å². The fourth-order valence-corrected chi connectivity index (χ4v) is 5.32. The van der Waals surface area contributed by atoms with Crippen molar-refractivity contribution in [1.82, 2.24) is 4.90 Å². The Hall–Kier alpha value is -3.42. The van der Waals surface area contributed by atoms with Crippen LogP contribution in [0.25, 0.3) is 0 Å². The van der Waals surface area contributed by atoms with Crippen molar-refractivity contribution < 1.29 is 28.2 Å². The van der Waals surface area contributed by atoms with Crippen molar-refractivity contribution in [2.75, 3.05) is 31.1 Å². The van der Waals surface area contributed by atoms with Gasteiger partial charge in [0.2, 0.25) is 5.91 Å². The molecule has 3 fully saturated rings. The van der Waals surface area contributed by atoms with Gasteiger partial charge in [0.05, 0.1) is 29.8 Å². The van der Waals surface area contributed by atoms with Gasteiger partial charge in [0.25, 0.3) is 0 Å². The normalized spacial score (nSPS) is 25.2. The second-order valence-electron chi connectivity index (χ2n) is 8.92. The van der Waals surface area contributed by atoms with Gasteiger partial charge in [-0.2, -0.15) is 0 Å². The Kier molecular flexibility index (Phi) is 3.94. The minimum atomic E-state index is -0.901. The molecule has 1 saturated carbocycles. The Bertz CT molecular complexity index is 1180. The number of benzene rings is 2. The number of carbonyl (C=O) groups is 3. The molecule has 7 nitrogen and oxygen atoms in total. The standard InChI is InChI=1S/C24H21FN2O5/c25-19-13-15(27-11-12-31-22(27)30)5-6-18(19)23(7-8-23)21(29)26-10-9-24(14-26)17-4-2-1-3-16(17)20(28)32-24/h1-6,13H,7-12,14H2. The van der Waals surface area contributed by atoms with E-state index in [9.17, 15) is 14.4 Å². The monoisotopic (exact) mass is 436 g/mol. The largest absolute Gasteiger partial charge is 0.449 e. The second-order valence-corrected chi connectivity index (χ2v) is 8.92. The molecule has 32 heavy (non-hydrogen) atoms. The first-order valence-electron chi connectivity index (χ1n) is 10.8. The highest BCUT2D eigenvalue weighted by molar-refractivity contribution is 5.96. The minimum Gasteiger partial charge on any atom is -0.449 e. The lowest BCUT2D eigenvalue weighted by atomic mass is 9.91. The van der Waals surface area contributed by atoms with E-state index in [1.807, 2.05) is 12.1 Å². The lowest BCUT2D eigenvalue weighted by Crippen LogP contribution is -2.40. The van der Waals surface area contributed by atoms with Gasteiger partial charge in [-0.1, -0.05) is 24.3 Å². The summed E-state index contributed by atoms with van der Waals surface area (Å²) in [5, 5.41) is 0. The summed E-state index contributed by atoms with van der Waals surface area (Å²) in [5.74, 6) is -1.00. The number of cyclic esters (lactones) is 1. The summed E-state index contributed by atoms with van der Waals surface area (Å²) in [6.07, 6.45) is 1.15. The predicted octanol–water partition coefficient (Wildman–Crippen LogP) is 3.11. The Labute approximate surface area is 183 Å². The minimum absolute atomic E-state index is 0.137. The number of carbonyl (C=O) groups excluding carboxylic acids is 3. The maximum Gasteiger partial charge on any atom is 0.414 e. The maximum absolute atomic E-state index is 15.1. The van der Waals surface area contributed by atoms with Gasteiger partial charge < -0.3 is 14.4 Å². The van der Waals surface area contributed by atoms with Crippen LogP contribution in [0.3, 0.4) is 0 Å². The predicted molar refractivity (Wildman–Crippen MR) is 111 cm³/mol. The van der Waals surface area contributed by atoms with E-state index in [1.54, 1.807) is 29.2 Å². The molecule has 3 heterocycles. The second kappa shape index (κ2) is 6.54. The third-order valence-electron chi connectivity index (χ3n) is 7.15.